The minimum atomic E-state index is 1.02. The van der Waals surface area contributed by atoms with Crippen LogP contribution in [-0.2, 0) is 0 Å². The molecule has 0 amide bonds. The van der Waals surface area contributed by atoms with Gasteiger partial charge in [-0.15, -0.1) is 0 Å². The van der Waals surface area contributed by atoms with Crippen molar-refractivity contribution in [2.24, 2.45) is 23.7 Å². The molecule has 0 spiro atoms. The molecule has 0 heteroatoms. The normalized spacial score (nSPS) is 48.5. The van der Waals surface area contributed by atoms with Gasteiger partial charge in [-0.25, -0.2) is 0 Å². The second kappa shape index (κ2) is 3.40. The van der Waals surface area contributed by atoms with E-state index in [1.165, 1.54) is 32.1 Å². The summed E-state index contributed by atoms with van der Waals surface area (Å²) in [7, 11) is 0. The van der Waals surface area contributed by atoms with Gasteiger partial charge in [0, 0.05) is 0 Å². The zero-order valence-corrected chi connectivity index (χ0v) is 8.55. The molecule has 4 atom stereocenters. The number of fused-ring (bicyclic) bond motifs is 1. The van der Waals surface area contributed by atoms with Gasteiger partial charge in [0.05, 0.1) is 0 Å². The summed E-state index contributed by atoms with van der Waals surface area (Å²) >= 11 is 0. The molecule has 12 heavy (non-hydrogen) atoms. The first-order valence-electron chi connectivity index (χ1n) is 5.77. The maximum atomic E-state index is 2.48. The smallest absolute Gasteiger partial charge is 0.0358 e. The summed E-state index contributed by atoms with van der Waals surface area (Å²) in [6.07, 6.45) is 9.14. The molecule has 0 aromatic rings. The number of hydrogen-bond acceptors (Lipinski definition) is 0. The Hall–Kier alpha value is 0. The Balaban J connectivity index is 2.00. The first-order chi connectivity index (χ1) is 5.77. The van der Waals surface area contributed by atoms with Crippen LogP contribution >= 0.6 is 0 Å². The maximum Gasteiger partial charge on any atom is -0.0358 e. The van der Waals surface area contributed by atoms with Crippen LogP contribution in [0.3, 0.4) is 0 Å². The Labute approximate surface area is 76.7 Å². The third-order valence-corrected chi connectivity index (χ3v) is 4.28. The van der Waals surface area contributed by atoms with Crippen molar-refractivity contribution in [3.05, 3.63) is 0 Å². The molecular formula is C12H22. The fraction of sp³-hybridized carbons (Fsp3) is 1.00. The minimum Gasteiger partial charge on any atom is -0.0625 e. The summed E-state index contributed by atoms with van der Waals surface area (Å²) < 4.78 is 0. The van der Waals surface area contributed by atoms with Crippen molar-refractivity contribution in [2.45, 2.75) is 52.4 Å². The van der Waals surface area contributed by atoms with Gasteiger partial charge in [-0.1, -0.05) is 39.5 Å². The molecule has 2 rings (SSSR count). The van der Waals surface area contributed by atoms with Gasteiger partial charge in [0.15, 0.2) is 0 Å². The molecule has 0 saturated heterocycles. The molecule has 0 aromatic carbocycles. The Morgan fingerprint density at radius 3 is 2.58 bits per heavy atom. The fourth-order valence-corrected chi connectivity index (χ4v) is 3.46. The third kappa shape index (κ3) is 1.53. The highest BCUT2D eigenvalue weighted by atomic mass is 14.4. The first kappa shape index (κ1) is 8.59. The van der Waals surface area contributed by atoms with E-state index in [0.29, 0.717) is 0 Å². The second-order valence-electron chi connectivity index (χ2n) is 5.25. The maximum absolute atomic E-state index is 2.48. The number of hydrogen-bond donors (Lipinski definition) is 0. The summed E-state index contributed by atoms with van der Waals surface area (Å²) in [5.41, 5.74) is 0. The highest BCUT2D eigenvalue weighted by Gasteiger charge is 2.34. The topological polar surface area (TPSA) is 0 Å². The molecule has 2 unspecified atom stereocenters. The van der Waals surface area contributed by atoms with Crippen molar-refractivity contribution in [1.82, 2.24) is 0 Å². The van der Waals surface area contributed by atoms with Crippen LogP contribution < -0.4 is 0 Å². The van der Waals surface area contributed by atoms with Crippen LogP contribution in [0.15, 0.2) is 0 Å². The van der Waals surface area contributed by atoms with Crippen LogP contribution in [0.2, 0.25) is 0 Å². The van der Waals surface area contributed by atoms with E-state index in [1.807, 2.05) is 0 Å². The Morgan fingerprint density at radius 2 is 1.75 bits per heavy atom. The van der Waals surface area contributed by atoms with Gasteiger partial charge >= 0.3 is 0 Å². The van der Waals surface area contributed by atoms with E-state index < -0.39 is 0 Å². The van der Waals surface area contributed by atoms with Crippen molar-refractivity contribution < 1.29 is 0 Å². The van der Waals surface area contributed by atoms with Crippen molar-refractivity contribution in [3.63, 3.8) is 0 Å². The van der Waals surface area contributed by atoms with E-state index >= 15 is 0 Å². The molecule has 2 fully saturated rings. The average Bonchev–Trinajstić information content (AvgIpc) is 2.07. The first-order valence-corrected chi connectivity index (χ1v) is 5.77. The summed E-state index contributed by atoms with van der Waals surface area (Å²) in [5.74, 6) is 4.27. The summed E-state index contributed by atoms with van der Waals surface area (Å²) in [6.45, 7) is 4.92. The lowest BCUT2D eigenvalue weighted by atomic mass is 9.64. The van der Waals surface area contributed by atoms with E-state index in [2.05, 4.69) is 13.8 Å². The van der Waals surface area contributed by atoms with Crippen LogP contribution in [-0.4, -0.2) is 0 Å². The SMILES string of the molecule is C[C@H]1CCC2CCC[C@@H](C)C2C1. The quantitative estimate of drug-likeness (QED) is 0.512. The van der Waals surface area contributed by atoms with E-state index in [0.717, 1.165) is 23.7 Å². The zero-order valence-electron chi connectivity index (χ0n) is 8.55. The van der Waals surface area contributed by atoms with Crippen molar-refractivity contribution in [1.29, 1.82) is 0 Å². The molecule has 2 aliphatic carbocycles. The molecule has 0 heterocycles. The number of rotatable bonds is 0. The predicted octanol–water partition coefficient (Wildman–Crippen LogP) is 3.86. The van der Waals surface area contributed by atoms with Crippen molar-refractivity contribution in [3.8, 4) is 0 Å². The molecule has 0 radical (unpaired) electrons. The molecule has 0 aromatic heterocycles. The van der Waals surface area contributed by atoms with Gasteiger partial charge in [-0.05, 0) is 36.5 Å². The monoisotopic (exact) mass is 166 g/mol. The van der Waals surface area contributed by atoms with Crippen LogP contribution in [0.5, 0.6) is 0 Å². The molecule has 0 N–H and O–H groups in total. The standard InChI is InChI=1S/C12H22/c1-9-6-7-11-5-3-4-10(2)12(11)8-9/h9-12H,3-8H2,1-2H3/t9-,10+,11?,12?/m0/s1. The summed E-state index contributed by atoms with van der Waals surface area (Å²) in [6, 6.07) is 0. The molecule has 2 saturated carbocycles. The molecule has 0 aliphatic heterocycles. The van der Waals surface area contributed by atoms with Gasteiger partial charge in [-0.2, -0.15) is 0 Å². The van der Waals surface area contributed by atoms with Gasteiger partial charge in [-0.3, -0.25) is 0 Å². The van der Waals surface area contributed by atoms with E-state index in [1.54, 1.807) is 6.42 Å². The largest absolute Gasteiger partial charge is 0.0625 e. The molecular weight excluding hydrogens is 144 g/mol. The van der Waals surface area contributed by atoms with Crippen LogP contribution in [0.4, 0.5) is 0 Å². The lowest BCUT2D eigenvalue weighted by Gasteiger charge is -2.42. The van der Waals surface area contributed by atoms with Crippen molar-refractivity contribution >= 4 is 0 Å². The van der Waals surface area contributed by atoms with Gasteiger partial charge in [0.2, 0.25) is 0 Å². The summed E-state index contributed by atoms with van der Waals surface area (Å²) in [5, 5.41) is 0. The molecule has 2 aliphatic rings. The zero-order chi connectivity index (χ0) is 8.55. The lowest BCUT2D eigenvalue weighted by Crippen LogP contribution is -2.32. The Bertz CT molecular complexity index is 150. The van der Waals surface area contributed by atoms with Crippen LogP contribution in [0.25, 0.3) is 0 Å². The molecule has 70 valence electrons. The van der Waals surface area contributed by atoms with E-state index in [9.17, 15) is 0 Å². The minimum absolute atomic E-state index is 1.02. The summed E-state index contributed by atoms with van der Waals surface area (Å²) in [4.78, 5) is 0. The molecule has 0 nitrogen and oxygen atoms in total. The average molecular weight is 166 g/mol. The highest BCUT2D eigenvalue weighted by molar-refractivity contribution is 4.85. The lowest BCUT2D eigenvalue weighted by molar-refractivity contribution is 0.0880. The third-order valence-electron chi connectivity index (χ3n) is 4.28. The van der Waals surface area contributed by atoms with Crippen LogP contribution in [0, 0.1) is 23.7 Å². The Kier molecular flexibility index (Phi) is 2.43. The predicted molar refractivity (Wildman–Crippen MR) is 53.0 cm³/mol. The van der Waals surface area contributed by atoms with E-state index in [-0.39, 0.29) is 0 Å². The Morgan fingerprint density at radius 1 is 0.917 bits per heavy atom. The van der Waals surface area contributed by atoms with Crippen LogP contribution in [0.1, 0.15) is 52.4 Å². The second-order valence-corrected chi connectivity index (χ2v) is 5.25. The van der Waals surface area contributed by atoms with E-state index in [4.69, 9.17) is 0 Å². The van der Waals surface area contributed by atoms with Gasteiger partial charge < -0.3 is 0 Å². The van der Waals surface area contributed by atoms with Gasteiger partial charge in [0.25, 0.3) is 0 Å². The molecule has 0 bridgehead atoms. The van der Waals surface area contributed by atoms with Crippen molar-refractivity contribution in [2.75, 3.05) is 0 Å². The fourth-order valence-electron chi connectivity index (χ4n) is 3.46. The van der Waals surface area contributed by atoms with Gasteiger partial charge in [0.1, 0.15) is 0 Å². The highest BCUT2D eigenvalue weighted by Crippen LogP contribution is 2.45.